The molecule has 2 N–H and O–H groups in total. The van der Waals surface area contributed by atoms with Crippen LogP contribution >= 0.6 is 0 Å². The van der Waals surface area contributed by atoms with Crippen LogP contribution in [0.5, 0.6) is 0 Å². The second-order valence-electron chi connectivity index (χ2n) is 9.23. The molecule has 2 amide bonds. The van der Waals surface area contributed by atoms with Gasteiger partial charge in [-0.15, -0.1) is 0 Å². The fourth-order valence-corrected chi connectivity index (χ4v) is 4.97. The number of urea groups is 1. The van der Waals surface area contributed by atoms with Crippen molar-refractivity contribution in [1.29, 1.82) is 0 Å². The second kappa shape index (κ2) is 11.3. The van der Waals surface area contributed by atoms with Gasteiger partial charge in [0.1, 0.15) is 5.82 Å². The number of benzene rings is 2. The number of anilines is 1. The largest absolute Gasteiger partial charge is 0.385 e. The monoisotopic (exact) mass is 474 g/mol. The molecule has 1 aliphatic rings. The molecule has 0 bridgehead atoms. The smallest absolute Gasteiger partial charge is 0.320 e. The maximum atomic E-state index is 13.0. The van der Waals surface area contributed by atoms with Crippen molar-refractivity contribution in [3.8, 4) is 11.3 Å². The van der Waals surface area contributed by atoms with Gasteiger partial charge >= 0.3 is 6.03 Å². The number of methoxy groups -OCH3 is 1. The number of hydrogen-bond donors (Lipinski definition) is 2. The summed E-state index contributed by atoms with van der Waals surface area (Å²) in [4.78, 5) is 24.9. The van der Waals surface area contributed by atoms with Crippen LogP contribution in [-0.2, 0) is 11.8 Å². The molecule has 4 rings (SSSR count). The quantitative estimate of drug-likeness (QED) is 0.407. The van der Waals surface area contributed by atoms with E-state index in [1.165, 1.54) is 5.56 Å². The number of amides is 2. The van der Waals surface area contributed by atoms with Crippen LogP contribution in [-0.4, -0.2) is 41.4 Å². The highest BCUT2D eigenvalue weighted by Crippen LogP contribution is 2.40. The Hall–Kier alpha value is -3.45. The molecule has 3 aromatic rings. The van der Waals surface area contributed by atoms with Crippen molar-refractivity contribution in [2.75, 3.05) is 19.0 Å². The van der Waals surface area contributed by atoms with Gasteiger partial charge in [0.15, 0.2) is 5.78 Å². The molecule has 2 aromatic carbocycles. The average molecular weight is 475 g/mol. The van der Waals surface area contributed by atoms with Crippen molar-refractivity contribution < 1.29 is 14.3 Å². The lowest BCUT2D eigenvalue weighted by Gasteiger charge is -2.21. The Morgan fingerprint density at radius 1 is 1.09 bits per heavy atom. The van der Waals surface area contributed by atoms with E-state index in [9.17, 15) is 9.59 Å². The number of carbonyl (C=O) groups is 2. The van der Waals surface area contributed by atoms with E-state index in [2.05, 4.69) is 40.0 Å². The summed E-state index contributed by atoms with van der Waals surface area (Å²) in [5.41, 5.74) is 3.58. The van der Waals surface area contributed by atoms with Gasteiger partial charge in [-0.05, 0) is 30.7 Å². The Kier molecular flexibility index (Phi) is 7.98. The van der Waals surface area contributed by atoms with Crippen molar-refractivity contribution in [2.45, 2.75) is 44.6 Å². The molecular weight excluding hydrogens is 440 g/mol. The molecule has 1 aliphatic carbocycles. The number of nitrogens with one attached hydrogen (secondary N) is 2. The van der Waals surface area contributed by atoms with Crippen LogP contribution in [0, 0.1) is 5.92 Å². The molecule has 1 fully saturated rings. The van der Waals surface area contributed by atoms with Gasteiger partial charge in [-0.2, -0.15) is 5.10 Å². The Morgan fingerprint density at radius 3 is 2.51 bits per heavy atom. The molecule has 1 aromatic heterocycles. The molecule has 0 aliphatic heterocycles. The third kappa shape index (κ3) is 5.98. The van der Waals surface area contributed by atoms with Gasteiger partial charge < -0.3 is 10.1 Å². The first kappa shape index (κ1) is 24.7. The predicted molar refractivity (Wildman–Crippen MR) is 138 cm³/mol. The van der Waals surface area contributed by atoms with Crippen molar-refractivity contribution >= 4 is 17.6 Å². The lowest BCUT2D eigenvalue weighted by atomic mass is 9.93. The topological polar surface area (TPSA) is 85.3 Å². The molecule has 1 saturated carbocycles. The Labute approximate surface area is 206 Å². The fourth-order valence-electron chi connectivity index (χ4n) is 4.97. The molecule has 0 spiro atoms. The summed E-state index contributed by atoms with van der Waals surface area (Å²) in [5.74, 6) is 1.50. The van der Waals surface area contributed by atoms with Crippen molar-refractivity contribution in [3.63, 3.8) is 0 Å². The first-order chi connectivity index (χ1) is 17.0. The molecule has 3 atom stereocenters. The average Bonchev–Trinajstić information content (AvgIpc) is 3.45. The zero-order valence-corrected chi connectivity index (χ0v) is 20.7. The maximum Gasteiger partial charge on any atom is 0.320 e. The van der Waals surface area contributed by atoms with Gasteiger partial charge in [-0.3, -0.25) is 14.8 Å². The minimum absolute atomic E-state index is 0.0515. The molecule has 0 radical (unpaired) electrons. The predicted octanol–water partition coefficient (Wildman–Crippen LogP) is 5.40. The lowest BCUT2D eigenvalue weighted by molar-refractivity contribution is 0.0988. The van der Waals surface area contributed by atoms with E-state index in [-0.39, 0.29) is 23.8 Å². The van der Waals surface area contributed by atoms with Gasteiger partial charge in [0, 0.05) is 56.3 Å². The zero-order chi connectivity index (χ0) is 24.8. The second-order valence-corrected chi connectivity index (χ2v) is 9.23. The number of aromatic nitrogens is 2. The van der Waals surface area contributed by atoms with Crippen LogP contribution in [0.1, 0.15) is 54.4 Å². The first-order valence-corrected chi connectivity index (χ1v) is 12.3. The summed E-state index contributed by atoms with van der Waals surface area (Å²) < 4.78 is 6.95. The van der Waals surface area contributed by atoms with Gasteiger partial charge in [0.25, 0.3) is 0 Å². The van der Waals surface area contributed by atoms with Crippen LogP contribution < -0.4 is 10.6 Å². The summed E-state index contributed by atoms with van der Waals surface area (Å²) in [6.45, 7) is 2.59. The summed E-state index contributed by atoms with van der Waals surface area (Å²) >= 11 is 0. The molecule has 0 saturated heterocycles. The Morgan fingerprint density at radius 2 is 1.83 bits per heavy atom. The first-order valence-electron chi connectivity index (χ1n) is 12.3. The standard InChI is InChI=1S/C28H34N4O3/c1-4-26(33)22-12-10-21(11-13-22)24-18-27(32(2)31-24)30-28(34)29-25-17-19(14-15-35-3)16-23(25)20-8-6-5-7-9-20/h5-13,18-19,23,25H,4,14-17H2,1-3H3,(H2,29,30,34)/t19?,23-,25+/m0/s1. The Balaban J connectivity index is 1.43. The van der Waals surface area contributed by atoms with Gasteiger partial charge in [0.2, 0.25) is 0 Å². The Bertz CT molecular complexity index is 1140. The van der Waals surface area contributed by atoms with E-state index in [1.54, 1.807) is 18.8 Å². The van der Waals surface area contributed by atoms with Gasteiger partial charge in [-0.25, -0.2) is 4.79 Å². The highest BCUT2D eigenvalue weighted by Gasteiger charge is 2.36. The van der Waals surface area contributed by atoms with Crippen LogP contribution in [0.15, 0.2) is 60.7 Å². The third-order valence-electron chi connectivity index (χ3n) is 6.88. The van der Waals surface area contributed by atoms with E-state index >= 15 is 0 Å². The number of Topliss-reactive ketones (excluding diaryl/α,β-unsaturated/α-hetero) is 1. The SMILES string of the molecule is CCC(=O)c1ccc(-c2cc(NC(=O)N[C@@H]3CC(CCOC)C[C@H]3c3ccccc3)n(C)n2)cc1. The van der Waals surface area contributed by atoms with E-state index in [0.717, 1.165) is 37.1 Å². The number of ketones is 1. The van der Waals surface area contributed by atoms with E-state index < -0.39 is 0 Å². The lowest BCUT2D eigenvalue weighted by Crippen LogP contribution is -2.39. The molecule has 35 heavy (non-hydrogen) atoms. The van der Waals surface area contributed by atoms with Gasteiger partial charge in [0.05, 0.1) is 5.69 Å². The van der Waals surface area contributed by atoms with E-state index in [0.29, 0.717) is 23.7 Å². The van der Waals surface area contributed by atoms with E-state index in [4.69, 9.17) is 4.74 Å². The number of carbonyl (C=O) groups excluding carboxylic acids is 2. The summed E-state index contributed by atoms with van der Waals surface area (Å²) in [6.07, 6.45) is 3.43. The van der Waals surface area contributed by atoms with Crippen LogP contribution in [0.3, 0.4) is 0 Å². The van der Waals surface area contributed by atoms with Crippen molar-refractivity contribution in [2.24, 2.45) is 13.0 Å². The number of hydrogen-bond acceptors (Lipinski definition) is 4. The zero-order valence-electron chi connectivity index (χ0n) is 20.7. The van der Waals surface area contributed by atoms with E-state index in [1.807, 2.05) is 43.3 Å². The van der Waals surface area contributed by atoms with Crippen molar-refractivity contribution in [1.82, 2.24) is 15.1 Å². The van der Waals surface area contributed by atoms with Crippen LogP contribution in [0.25, 0.3) is 11.3 Å². The molecule has 1 heterocycles. The summed E-state index contributed by atoms with van der Waals surface area (Å²) in [5, 5.41) is 10.7. The molecule has 7 nitrogen and oxygen atoms in total. The minimum Gasteiger partial charge on any atom is -0.385 e. The molecular formula is C28H34N4O3. The number of ether oxygens (including phenoxy) is 1. The van der Waals surface area contributed by atoms with Crippen LogP contribution in [0.4, 0.5) is 10.6 Å². The number of rotatable bonds is 9. The number of nitrogens with zero attached hydrogens (tertiary/aromatic N) is 2. The maximum absolute atomic E-state index is 13.0. The normalized spacial score (nSPS) is 19.5. The summed E-state index contributed by atoms with van der Waals surface area (Å²) in [7, 11) is 3.53. The van der Waals surface area contributed by atoms with Crippen molar-refractivity contribution in [3.05, 3.63) is 71.8 Å². The third-order valence-corrected chi connectivity index (χ3v) is 6.88. The highest BCUT2D eigenvalue weighted by molar-refractivity contribution is 5.96. The van der Waals surface area contributed by atoms with Crippen LogP contribution in [0.2, 0.25) is 0 Å². The molecule has 7 heteroatoms. The highest BCUT2D eigenvalue weighted by atomic mass is 16.5. The number of aryl methyl sites for hydroxylation is 1. The fraction of sp³-hybridized carbons (Fsp3) is 0.393. The molecule has 184 valence electrons. The minimum atomic E-state index is -0.234. The molecule has 1 unspecified atom stereocenters. The summed E-state index contributed by atoms with van der Waals surface area (Å²) in [6, 6.07) is 19.5. The van der Waals surface area contributed by atoms with Gasteiger partial charge in [-0.1, -0.05) is 61.5 Å².